The van der Waals surface area contributed by atoms with Crippen LogP contribution in [0.5, 0.6) is 5.75 Å². The Morgan fingerprint density at radius 1 is 1.00 bits per heavy atom. The van der Waals surface area contributed by atoms with E-state index < -0.39 is 11.8 Å². The van der Waals surface area contributed by atoms with Crippen molar-refractivity contribution in [3.63, 3.8) is 0 Å². The van der Waals surface area contributed by atoms with E-state index in [4.69, 9.17) is 28.6 Å². The molecule has 1 fully saturated rings. The monoisotopic (exact) mass is 466 g/mol. The van der Waals surface area contributed by atoms with Gasteiger partial charge in [-0.05, 0) is 66.3 Å². The highest BCUT2D eigenvalue weighted by Gasteiger charge is 2.34. The summed E-state index contributed by atoms with van der Waals surface area (Å²) in [6, 6.07) is 19.7. The Morgan fingerprint density at radius 2 is 1.69 bits per heavy atom. The first-order valence-corrected chi connectivity index (χ1v) is 10.3. The van der Waals surface area contributed by atoms with Crippen LogP contribution in [-0.2, 0) is 16.2 Å². The number of thiocarbonyl (C=S) groups is 1. The number of ether oxygens (including phenoxy) is 1. The van der Waals surface area contributed by atoms with Crippen LogP contribution in [0.3, 0.4) is 0 Å². The lowest BCUT2D eigenvalue weighted by atomic mass is 10.1. The average Bonchev–Trinajstić information content (AvgIpc) is 2.78. The Balaban J connectivity index is 1.52. The van der Waals surface area contributed by atoms with Gasteiger partial charge >= 0.3 is 0 Å². The molecule has 0 atom stereocenters. The highest BCUT2D eigenvalue weighted by atomic mass is 35.5. The fraction of sp³-hybridized carbons (Fsp3) is 0.0417. The quantitative estimate of drug-likeness (QED) is 0.330. The van der Waals surface area contributed by atoms with Crippen LogP contribution in [0.2, 0.25) is 5.02 Å². The molecule has 0 aliphatic carbocycles. The SMILES string of the molecule is O=C1NC(=S)N(c2ccc(Cl)cc2)C(=O)C1=Cc1ccc(OCc2ccccc2F)cc1. The predicted molar refractivity (Wildman–Crippen MR) is 125 cm³/mol. The molecule has 0 saturated carbocycles. The molecule has 1 heterocycles. The van der Waals surface area contributed by atoms with E-state index in [0.717, 1.165) is 0 Å². The van der Waals surface area contributed by atoms with Crippen molar-refractivity contribution in [1.82, 2.24) is 5.32 Å². The number of nitrogens with one attached hydrogen (secondary N) is 1. The zero-order valence-electron chi connectivity index (χ0n) is 16.5. The van der Waals surface area contributed by atoms with Crippen LogP contribution in [0.15, 0.2) is 78.4 Å². The second kappa shape index (κ2) is 9.30. The van der Waals surface area contributed by atoms with Gasteiger partial charge in [0.15, 0.2) is 5.11 Å². The molecule has 0 aromatic heterocycles. The second-order valence-electron chi connectivity index (χ2n) is 6.88. The zero-order chi connectivity index (χ0) is 22.7. The normalized spacial score (nSPS) is 15.1. The third-order valence-electron chi connectivity index (χ3n) is 4.73. The van der Waals surface area contributed by atoms with Crippen molar-refractivity contribution in [1.29, 1.82) is 0 Å². The maximum atomic E-state index is 13.7. The number of halogens is 2. The molecule has 160 valence electrons. The number of carbonyl (C=O) groups is 2. The first-order valence-electron chi connectivity index (χ1n) is 9.55. The summed E-state index contributed by atoms with van der Waals surface area (Å²) in [7, 11) is 0. The van der Waals surface area contributed by atoms with Gasteiger partial charge < -0.3 is 4.74 Å². The molecule has 3 aromatic rings. The predicted octanol–water partition coefficient (Wildman–Crippen LogP) is 4.89. The minimum absolute atomic E-state index is 0.00337. The Hall–Kier alpha value is -3.55. The molecule has 1 aliphatic heterocycles. The number of benzene rings is 3. The van der Waals surface area contributed by atoms with Gasteiger partial charge in [-0.1, -0.05) is 41.9 Å². The maximum Gasteiger partial charge on any atom is 0.270 e. The second-order valence-corrected chi connectivity index (χ2v) is 7.71. The summed E-state index contributed by atoms with van der Waals surface area (Å²) in [5.74, 6) is -0.927. The van der Waals surface area contributed by atoms with E-state index in [0.29, 0.717) is 27.6 Å². The van der Waals surface area contributed by atoms with Crippen molar-refractivity contribution < 1.29 is 18.7 Å². The van der Waals surface area contributed by atoms with Gasteiger partial charge in [-0.25, -0.2) is 4.39 Å². The molecule has 3 aromatic carbocycles. The van der Waals surface area contributed by atoms with E-state index in [1.807, 2.05) is 0 Å². The van der Waals surface area contributed by atoms with Crippen LogP contribution in [0, 0.1) is 5.82 Å². The fourth-order valence-corrected chi connectivity index (χ4v) is 3.49. The molecule has 0 radical (unpaired) electrons. The lowest BCUT2D eigenvalue weighted by Crippen LogP contribution is -2.54. The molecule has 2 amide bonds. The molecular formula is C24H16ClFN2O3S. The van der Waals surface area contributed by atoms with Crippen molar-refractivity contribution in [2.24, 2.45) is 0 Å². The van der Waals surface area contributed by atoms with E-state index >= 15 is 0 Å². The molecule has 1 aliphatic rings. The standard InChI is InChI=1S/C24H16ClFN2O3S/c25-17-7-9-18(10-8-17)28-23(30)20(22(29)27-24(28)32)13-15-5-11-19(12-6-15)31-14-16-3-1-2-4-21(16)26/h1-13H,14H2,(H,27,29,32). The van der Waals surface area contributed by atoms with Crippen LogP contribution in [0.25, 0.3) is 6.08 Å². The average molecular weight is 467 g/mol. The molecule has 4 rings (SSSR count). The van der Waals surface area contributed by atoms with Gasteiger partial charge in [0.1, 0.15) is 23.7 Å². The molecular weight excluding hydrogens is 451 g/mol. The van der Waals surface area contributed by atoms with Gasteiger partial charge in [0.25, 0.3) is 11.8 Å². The zero-order valence-corrected chi connectivity index (χ0v) is 18.1. The lowest BCUT2D eigenvalue weighted by molar-refractivity contribution is -0.122. The third-order valence-corrected chi connectivity index (χ3v) is 5.27. The van der Waals surface area contributed by atoms with Gasteiger partial charge in [-0.15, -0.1) is 0 Å². The molecule has 1 saturated heterocycles. The maximum absolute atomic E-state index is 13.7. The number of anilines is 1. The van der Waals surface area contributed by atoms with Gasteiger partial charge in [0, 0.05) is 10.6 Å². The van der Waals surface area contributed by atoms with Gasteiger partial charge in [0.2, 0.25) is 0 Å². The molecule has 0 bridgehead atoms. The molecule has 5 nitrogen and oxygen atoms in total. The highest BCUT2D eigenvalue weighted by Crippen LogP contribution is 2.24. The van der Waals surface area contributed by atoms with Crippen molar-refractivity contribution >= 4 is 52.5 Å². The number of hydrogen-bond donors (Lipinski definition) is 1. The largest absolute Gasteiger partial charge is 0.489 e. The lowest BCUT2D eigenvalue weighted by Gasteiger charge is -2.28. The Morgan fingerprint density at radius 3 is 2.38 bits per heavy atom. The third kappa shape index (κ3) is 4.69. The summed E-state index contributed by atoms with van der Waals surface area (Å²) in [5, 5.41) is 3.05. The molecule has 8 heteroatoms. The molecule has 32 heavy (non-hydrogen) atoms. The van der Waals surface area contributed by atoms with Crippen LogP contribution < -0.4 is 15.0 Å². The van der Waals surface area contributed by atoms with E-state index in [9.17, 15) is 14.0 Å². The minimum atomic E-state index is -0.579. The summed E-state index contributed by atoms with van der Waals surface area (Å²) in [5.41, 5.74) is 1.49. The Bertz CT molecular complexity index is 1230. The van der Waals surface area contributed by atoms with Crippen LogP contribution in [-0.4, -0.2) is 16.9 Å². The van der Waals surface area contributed by atoms with E-state index in [1.54, 1.807) is 66.7 Å². The van der Waals surface area contributed by atoms with Crippen molar-refractivity contribution in [2.75, 3.05) is 4.90 Å². The van der Waals surface area contributed by atoms with E-state index in [2.05, 4.69) is 5.32 Å². The fourth-order valence-electron chi connectivity index (χ4n) is 3.09. The molecule has 0 unspecified atom stereocenters. The number of hydrogen-bond acceptors (Lipinski definition) is 4. The smallest absolute Gasteiger partial charge is 0.270 e. The Kier molecular flexibility index (Phi) is 6.30. The van der Waals surface area contributed by atoms with E-state index in [1.165, 1.54) is 17.0 Å². The van der Waals surface area contributed by atoms with E-state index in [-0.39, 0.29) is 23.1 Å². The van der Waals surface area contributed by atoms with Crippen LogP contribution >= 0.6 is 23.8 Å². The van der Waals surface area contributed by atoms with Crippen LogP contribution in [0.4, 0.5) is 10.1 Å². The van der Waals surface area contributed by atoms with Crippen LogP contribution in [0.1, 0.15) is 11.1 Å². The van der Waals surface area contributed by atoms with Crippen molar-refractivity contribution in [2.45, 2.75) is 6.61 Å². The number of nitrogens with zero attached hydrogens (tertiary/aromatic N) is 1. The summed E-state index contributed by atoms with van der Waals surface area (Å²) in [4.78, 5) is 26.7. The van der Waals surface area contributed by atoms with Crippen molar-refractivity contribution in [3.8, 4) is 5.75 Å². The number of carbonyl (C=O) groups excluding carboxylic acids is 2. The summed E-state index contributed by atoms with van der Waals surface area (Å²) in [6.07, 6.45) is 1.48. The summed E-state index contributed by atoms with van der Waals surface area (Å²) in [6.45, 7) is 0.0848. The highest BCUT2D eigenvalue weighted by molar-refractivity contribution is 7.80. The molecule has 0 spiro atoms. The topological polar surface area (TPSA) is 58.6 Å². The van der Waals surface area contributed by atoms with Crippen molar-refractivity contribution in [3.05, 3.63) is 100 Å². The minimum Gasteiger partial charge on any atom is -0.489 e. The Labute approximate surface area is 194 Å². The first kappa shape index (κ1) is 21.7. The number of amides is 2. The number of rotatable bonds is 5. The molecule has 1 N–H and O–H groups in total. The summed E-state index contributed by atoms with van der Waals surface area (Å²) >= 11 is 11.1. The van der Waals surface area contributed by atoms with Gasteiger partial charge in [-0.2, -0.15) is 0 Å². The summed E-state index contributed by atoms with van der Waals surface area (Å²) < 4.78 is 19.3. The van der Waals surface area contributed by atoms with Gasteiger partial charge in [0.05, 0.1) is 5.69 Å². The van der Waals surface area contributed by atoms with Gasteiger partial charge in [-0.3, -0.25) is 19.8 Å². The first-order chi connectivity index (χ1) is 15.4.